The van der Waals surface area contributed by atoms with Crippen molar-refractivity contribution in [2.45, 2.75) is 17.4 Å². The third-order valence-electron chi connectivity index (χ3n) is 4.35. The average Bonchev–Trinajstić information content (AvgIpc) is 3.07. The Hall–Kier alpha value is -2.09. The summed E-state index contributed by atoms with van der Waals surface area (Å²) < 4.78 is 38.3. The van der Waals surface area contributed by atoms with E-state index in [2.05, 4.69) is 16.1 Å². The van der Waals surface area contributed by atoms with E-state index in [-0.39, 0.29) is 17.7 Å². The van der Waals surface area contributed by atoms with Crippen molar-refractivity contribution in [3.05, 3.63) is 53.6 Å². The second-order valence-corrected chi connectivity index (χ2v) is 7.59. The van der Waals surface area contributed by atoms with Gasteiger partial charge in [-0.25, -0.2) is 13.1 Å². The number of rotatable bonds is 4. The molecule has 0 saturated heterocycles. The van der Waals surface area contributed by atoms with Crippen molar-refractivity contribution in [3.8, 4) is 11.5 Å². The summed E-state index contributed by atoms with van der Waals surface area (Å²) in [5.74, 6) is 1.02. The molecule has 2 aliphatic heterocycles. The van der Waals surface area contributed by atoms with E-state index >= 15 is 0 Å². The molecule has 0 spiro atoms. The van der Waals surface area contributed by atoms with Crippen LogP contribution in [0.1, 0.15) is 17.2 Å². The highest BCUT2D eigenvalue weighted by molar-refractivity contribution is 7.89. The summed E-state index contributed by atoms with van der Waals surface area (Å²) in [6.07, 6.45) is 0.960. The molecule has 0 aliphatic carbocycles. The number of fused-ring (bicyclic) bond motifs is 2. The van der Waals surface area contributed by atoms with Gasteiger partial charge in [0.1, 0.15) is 0 Å². The molecular formula is C17H18N2O4S. The summed E-state index contributed by atoms with van der Waals surface area (Å²) in [5.41, 5.74) is 2.42. The van der Waals surface area contributed by atoms with Crippen LogP contribution < -0.4 is 19.5 Å². The Morgan fingerprint density at radius 3 is 2.88 bits per heavy atom. The maximum Gasteiger partial charge on any atom is 0.240 e. The Morgan fingerprint density at radius 1 is 1.12 bits per heavy atom. The molecule has 126 valence electrons. The lowest BCUT2D eigenvalue weighted by Crippen LogP contribution is -2.38. The molecule has 0 radical (unpaired) electrons. The van der Waals surface area contributed by atoms with Crippen LogP contribution in [0, 0.1) is 0 Å². The predicted octanol–water partition coefficient (Wildman–Crippen LogP) is 1.58. The van der Waals surface area contributed by atoms with Crippen LogP contribution in [0.4, 0.5) is 0 Å². The number of hydrogen-bond donors (Lipinski definition) is 2. The third-order valence-corrected chi connectivity index (χ3v) is 5.77. The molecule has 2 aliphatic rings. The number of ether oxygens (including phenoxy) is 2. The molecule has 1 atom stereocenters. The summed E-state index contributed by atoms with van der Waals surface area (Å²) in [5, 5.41) is 3.37. The van der Waals surface area contributed by atoms with Crippen molar-refractivity contribution in [2.24, 2.45) is 0 Å². The van der Waals surface area contributed by atoms with Crippen molar-refractivity contribution in [3.63, 3.8) is 0 Å². The van der Waals surface area contributed by atoms with Gasteiger partial charge in [0, 0.05) is 18.7 Å². The third kappa shape index (κ3) is 2.86. The second-order valence-electron chi connectivity index (χ2n) is 5.82. The van der Waals surface area contributed by atoms with Gasteiger partial charge in [0.15, 0.2) is 11.5 Å². The zero-order valence-electron chi connectivity index (χ0n) is 13.0. The maximum atomic E-state index is 12.6. The Balaban J connectivity index is 1.51. The van der Waals surface area contributed by atoms with Gasteiger partial charge in [0.25, 0.3) is 0 Å². The molecule has 6 nitrogen and oxygen atoms in total. The molecule has 2 aromatic carbocycles. The normalized spacial score (nSPS) is 19.1. The largest absolute Gasteiger partial charge is 0.454 e. The fourth-order valence-corrected chi connectivity index (χ4v) is 4.16. The van der Waals surface area contributed by atoms with E-state index < -0.39 is 10.0 Å². The van der Waals surface area contributed by atoms with Crippen LogP contribution in [0.2, 0.25) is 0 Å². The van der Waals surface area contributed by atoms with Crippen molar-refractivity contribution >= 4 is 10.0 Å². The van der Waals surface area contributed by atoms with Crippen molar-refractivity contribution in [1.29, 1.82) is 0 Å². The zero-order chi connectivity index (χ0) is 16.6. The standard InChI is InChI=1S/C17H18N2O4S/c20-24(21,13-5-6-16-17(9-13)23-11-22-16)19-10-15-14-4-2-1-3-12(14)7-8-18-15/h1-6,9,15,18-19H,7-8,10-11H2. The first-order chi connectivity index (χ1) is 11.6. The minimum Gasteiger partial charge on any atom is -0.454 e. The van der Waals surface area contributed by atoms with Gasteiger partial charge in [-0.3, -0.25) is 0 Å². The van der Waals surface area contributed by atoms with E-state index in [0.717, 1.165) is 18.5 Å². The molecule has 0 saturated carbocycles. The molecule has 4 rings (SSSR count). The van der Waals surface area contributed by atoms with Crippen LogP contribution in [-0.2, 0) is 16.4 Å². The van der Waals surface area contributed by atoms with E-state index in [4.69, 9.17) is 9.47 Å². The lowest BCUT2D eigenvalue weighted by molar-refractivity contribution is 0.174. The van der Waals surface area contributed by atoms with Crippen LogP contribution in [0.25, 0.3) is 0 Å². The van der Waals surface area contributed by atoms with Gasteiger partial charge in [-0.05, 0) is 36.2 Å². The van der Waals surface area contributed by atoms with Gasteiger partial charge in [-0.15, -0.1) is 0 Å². The number of sulfonamides is 1. The molecule has 0 bridgehead atoms. The highest BCUT2D eigenvalue weighted by atomic mass is 32.2. The van der Waals surface area contributed by atoms with E-state index in [1.54, 1.807) is 6.07 Å². The topological polar surface area (TPSA) is 76.7 Å². The smallest absolute Gasteiger partial charge is 0.240 e. The van der Waals surface area contributed by atoms with Crippen LogP contribution in [0.3, 0.4) is 0 Å². The molecule has 2 aromatic rings. The summed E-state index contributed by atoms with van der Waals surface area (Å²) in [7, 11) is -3.61. The van der Waals surface area contributed by atoms with Crippen LogP contribution in [0.5, 0.6) is 11.5 Å². The van der Waals surface area contributed by atoms with Gasteiger partial charge in [0.05, 0.1) is 4.90 Å². The average molecular weight is 346 g/mol. The molecule has 24 heavy (non-hydrogen) atoms. The van der Waals surface area contributed by atoms with Crippen LogP contribution in [-0.4, -0.2) is 28.3 Å². The van der Waals surface area contributed by atoms with E-state index in [0.29, 0.717) is 18.0 Å². The lowest BCUT2D eigenvalue weighted by atomic mass is 9.95. The SMILES string of the molecule is O=S(=O)(NCC1NCCc2ccccc21)c1ccc2c(c1)OCO2. The summed E-state index contributed by atoms with van der Waals surface area (Å²) >= 11 is 0. The highest BCUT2D eigenvalue weighted by Gasteiger charge is 2.24. The zero-order valence-corrected chi connectivity index (χ0v) is 13.8. The van der Waals surface area contributed by atoms with Crippen molar-refractivity contribution < 1.29 is 17.9 Å². The maximum absolute atomic E-state index is 12.6. The van der Waals surface area contributed by atoms with E-state index in [9.17, 15) is 8.42 Å². The first-order valence-corrected chi connectivity index (χ1v) is 9.32. The summed E-state index contributed by atoms with van der Waals surface area (Å²) in [4.78, 5) is 0.177. The highest BCUT2D eigenvalue weighted by Crippen LogP contribution is 2.33. The minimum absolute atomic E-state index is 0.0289. The first-order valence-electron chi connectivity index (χ1n) is 7.84. The van der Waals surface area contributed by atoms with Gasteiger partial charge in [-0.1, -0.05) is 24.3 Å². The molecule has 0 fully saturated rings. The van der Waals surface area contributed by atoms with Crippen molar-refractivity contribution in [2.75, 3.05) is 19.9 Å². The molecule has 0 aromatic heterocycles. The van der Waals surface area contributed by atoms with Gasteiger partial charge in [-0.2, -0.15) is 0 Å². The fourth-order valence-electron chi connectivity index (χ4n) is 3.10. The minimum atomic E-state index is -3.61. The Kier molecular flexibility index (Phi) is 3.91. The molecule has 1 unspecified atom stereocenters. The first kappa shape index (κ1) is 15.4. The van der Waals surface area contributed by atoms with Gasteiger partial charge in [0.2, 0.25) is 16.8 Å². The Morgan fingerprint density at radius 2 is 1.96 bits per heavy atom. The molecular weight excluding hydrogens is 328 g/mol. The molecule has 0 amide bonds. The van der Waals surface area contributed by atoms with E-state index in [1.165, 1.54) is 17.7 Å². The Bertz CT molecular complexity index is 867. The Labute approximate surface area is 140 Å². The molecule has 2 N–H and O–H groups in total. The summed E-state index contributed by atoms with van der Waals surface area (Å²) in [6, 6.07) is 12.7. The van der Waals surface area contributed by atoms with Crippen molar-refractivity contribution in [1.82, 2.24) is 10.0 Å². The monoisotopic (exact) mass is 346 g/mol. The lowest BCUT2D eigenvalue weighted by Gasteiger charge is -2.27. The second kappa shape index (κ2) is 6.08. The van der Waals surface area contributed by atoms with E-state index in [1.807, 2.05) is 18.2 Å². The van der Waals surface area contributed by atoms with Crippen LogP contribution >= 0.6 is 0 Å². The predicted molar refractivity (Wildman–Crippen MR) is 88.6 cm³/mol. The number of nitrogens with one attached hydrogen (secondary N) is 2. The summed E-state index contributed by atoms with van der Waals surface area (Å²) in [6.45, 7) is 1.26. The van der Waals surface area contributed by atoms with Crippen LogP contribution in [0.15, 0.2) is 47.4 Å². The number of benzene rings is 2. The van der Waals surface area contributed by atoms with Gasteiger partial charge < -0.3 is 14.8 Å². The number of hydrogen-bond acceptors (Lipinski definition) is 5. The quantitative estimate of drug-likeness (QED) is 0.879. The molecule has 2 heterocycles. The van der Waals surface area contributed by atoms with Gasteiger partial charge >= 0.3 is 0 Å². The fraction of sp³-hybridized carbons (Fsp3) is 0.294. The molecule has 7 heteroatoms.